The number of fused-ring (bicyclic) bond motifs is 1. The van der Waals surface area contributed by atoms with Gasteiger partial charge in [-0.05, 0) is 37.3 Å². The molecule has 1 atom stereocenters. The molecule has 2 aliphatic rings. The van der Waals surface area contributed by atoms with E-state index in [-0.39, 0.29) is 31.9 Å². The summed E-state index contributed by atoms with van der Waals surface area (Å²) in [6.45, 7) is 2.72. The number of sulfonamides is 1. The summed E-state index contributed by atoms with van der Waals surface area (Å²) < 4.78 is 62.3. The molecule has 0 saturated carbocycles. The van der Waals surface area contributed by atoms with E-state index < -0.39 is 38.7 Å². The van der Waals surface area contributed by atoms with Crippen LogP contribution in [0.2, 0.25) is 0 Å². The van der Waals surface area contributed by atoms with Crippen molar-refractivity contribution < 1.29 is 41.3 Å². The van der Waals surface area contributed by atoms with Gasteiger partial charge < -0.3 is 24.3 Å². The van der Waals surface area contributed by atoms with E-state index in [1.54, 1.807) is 18.2 Å². The fraction of sp³-hybridized carbons (Fsp3) is 0.364. The summed E-state index contributed by atoms with van der Waals surface area (Å²) >= 11 is 0. The van der Waals surface area contributed by atoms with Crippen LogP contribution in [0.4, 0.5) is 10.1 Å². The molecule has 12 heteroatoms. The lowest BCUT2D eigenvalue weighted by Gasteiger charge is -2.26. The van der Waals surface area contributed by atoms with Gasteiger partial charge in [-0.15, -0.1) is 0 Å². The number of carbonyl (C=O) groups excluding carboxylic acids is 2. The molecule has 0 aromatic heterocycles. The lowest BCUT2D eigenvalue weighted by molar-refractivity contribution is -0.123. The Morgan fingerprint density at radius 2 is 1.74 bits per heavy atom. The number of amides is 1. The van der Waals surface area contributed by atoms with E-state index in [0.717, 1.165) is 22.5 Å². The largest absolute Gasteiger partial charge is 0.486 e. The normalized spacial score (nSPS) is 17.0. The van der Waals surface area contributed by atoms with Gasteiger partial charge in [0.05, 0.1) is 18.8 Å². The van der Waals surface area contributed by atoms with E-state index >= 15 is 0 Å². The summed E-state index contributed by atoms with van der Waals surface area (Å²) in [6.07, 6.45) is -1.22. The second-order valence-electron chi connectivity index (χ2n) is 7.56. The number of morpholine rings is 1. The van der Waals surface area contributed by atoms with Crippen molar-refractivity contribution in [3.8, 4) is 11.5 Å². The highest BCUT2D eigenvalue weighted by molar-refractivity contribution is 7.89. The Hall–Kier alpha value is -3.22. The second kappa shape index (κ2) is 9.95. The first-order valence-electron chi connectivity index (χ1n) is 10.5. The molecule has 0 bridgehead atoms. The van der Waals surface area contributed by atoms with Gasteiger partial charge in [-0.1, -0.05) is 0 Å². The van der Waals surface area contributed by atoms with Crippen molar-refractivity contribution in [1.29, 1.82) is 0 Å². The Morgan fingerprint density at radius 1 is 1.03 bits per heavy atom. The van der Waals surface area contributed by atoms with Gasteiger partial charge in [0.15, 0.2) is 17.6 Å². The minimum absolute atomic E-state index is 0.0769. The molecule has 2 aromatic rings. The number of carbonyl (C=O) groups is 2. The zero-order chi connectivity index (χ0) is 24.3. The molecular formula is C22H23FN2O8S. The zero-order valence-electron chi connectivity index (χ0n) is 18.3. The van der Waals surface area contributed by atoms with E-state index in [1.807, 2.05) is 0 Å². The highest BCUT2D eigenvalue weighted by atomic mass is 32.2. The molecule has 1 saturated heterocycles. The Labute approximate surface area is 195 Å². The monoisotopic (exact) mass is 494 g/mol. The first-order valence-corrected chi connectivity index (χ1v) is 12.0. The van der Waals surface area contributed by atoms with Crippen molar-refractivity contribution in [2.45, 2.75) is 17.9 Å². The number of halogens is 1. The molecule has 0 radical (unpaired) electrons. The molecular weight excluding hydrogens is 471 g/mol. The Kier molecular flexibility index (Phi) is 7.00. The number of ether oxygens (including phenoxy) is 4. The zero-order valence-corrected chi connectivity index (χ0v) is 19.1. The maximum atomic E-state index is 14.4. The number of anilines is 1. The molecule has 10 nitrogen and oxygen atoms in total. The molecule has 2 aromatic carbocycles. The predicted molar refractivity (Wildman–Crippen MR) is 117 cm³/mol. The maximum absolute atomic E-state index is 14.4. The molecule has 4 rings (SSSR count). The second-order valence-corrected chi connectivity index (χ2v) is 9.46. The van der Waals surface area contributed by atoms with Crippen LogP contribution in [-0.2, 0) is 24.3 Å². The van der Waals surface area contributed by atoms with E-state index in [0.29, 0.717) is 30.4 Å². The quantitative estimate of drug-likeness (QED) is 0.604. The van der Waals surface area contributed by atoms with Crippen LogP contribution in [-0.4, -0.2) is 70.2 Å². The number of hydrogen-bond acceptors (Lipinski definition) is 8. The summed E-state index contributed by atoms with van der Waals surface area (Å²) in [6, 6.07) is 7.74. The van der Waals surface area contributed by atoms with Crippen LogP contribution in [0.1, 0.15) is 17.3 Å². The molecule has 34 heavy (non-hydrogen) atoms. The third-order valence-corrected chi connectivity index (χ3v) is 7.13. The highest BCUT2D eigenvalue weighted by Crippen LogP contribution is 2.32. The Balaban J connectivity index is 1.44. The third-order valence-electron chi connectivity index (χ3n) is 5.22. The van der Waals surface area contributed by atoms with Crippen molar-refractivity contribution in [3.05, 3.63) is 47.8 Å². The van der Waals surface area contributed by atoms with Gasteiger partial charge in [0.2, 0.25) is 10.0 Å². The molecule has 182 valence electrons. The maximum Gasteiger partial charge on any atom is 0.338 e. The number of esters is 1. The number of benzene rings is 2. The SMILES string of the molecule is CC(OC(=O)c1ccc(F)c(S(=O)(=O)N2CCOCC2)c1)C(=O)Nc1ccc2c(c1)OCCO2. The third kappa shape index (κ3) is 5.13. The van der Waals surface area contributed by atoms with Crippen molar-refractivity contribution >= 4 is 27.6 Å². The number of hydrogen-bond donors (Lipinski definition) is 1. The average Bonchev–Trinajstić information content (AvgIpc) is 2.84. The van der Waals surface area contributed by atoms with E-state index in [1.165, 1.54) is 6.92 Å². The van der Waals surface area contributed by atoms with Crippen LogP contribution in [0.5, 0.6) is 11.5 Å². The van der Waals surface area contributed by atoms with Crippen LogP contribution in [0.15, 0.2) is 41.3 Å². The van der Waals surface area contributed by atoms with Crippen molar-refractivity contribution in [2.75, 3.05) is 44.8 Å². The summed E-state index contributed by atoms with van der Waals surface area (Å²) in [5, 5.41) is 2.61. The fourth-order valence-electron chi connectivity index (χ4n) is 3.40. The highest BCUT2D eigenvalue weighted by Gasteiger charge is 2.30. The molecule has 1 fully saturated rings. The van der Waals surface area contributed by atoms with Gasteiger partial charge in [0.25, 0.3) is 5.91 Å². The molecule has 1 unspecified atom stereocenters. The van der Waals surface area contributed by atoms with Gasteiger partial charge in [-0.3, -0.25) is 4.79 Å². The Bertz CT molecular complexity index is 1200. The van der Waals surface area contributed by atoms with Crippen molar-refractivity contribution in [2.24, 2.45) is 0 Å². The molecule has 1 N–H and O–H groups in total. The van der Waals surface area contributed by atoms with Gasteiger partial charge in [-0.2, -0.15) is 4.31 Å². The van der Waals surface area contributed by atoms with Gasteiger partial charge in [0, 0.05) is 24.8 Å². The summed E-state index contributed by atoms with van der Waals surface area (Å²) in [5.41, 5.74) is 0.213. The first-order chi connectivity index (χ1) is 16.3. The van der Waals surface area contributed by atoms with Crippen LogP contribution < -0.4 is 14.8 Å². The van der Waals surface area contributed by atoms with Crippen LogP contribution >= 0.6 is 0 Å². The van der Waals surface area contributed by atoms with Crippen LogP contribution in [0.3, 0.4) is 0 Å². The number of rotatable bonds is 6. The summed E-state index contributed by atoms with van der Waals surface area (Å²) in [5.74, 6) is -1.54. The Morgan fingerprint density at radius 3 is 2.47 bits per heavy atom. The molecule has 0 aliphatic carbocycles. The molecule has 0 spiro atoms. The summed E-state index contributed by atoms with van der Waals surface area (Å²) in [7, 11) is -4.17. The topological polar surface area (TPSA) is 120 Å². The minimum Gasteiger partial charge on any atom is -0.486 e. The lowest BCUT2D eigenvalue weighted by Crippen LogP contribution is -2.41. The van der Waals surface area contributed by atoms with Crippen molar-refractivity contribution in [3.63, 3.8) is 0 Å². The molecule has 1 amide bonds. The predicted octanol–water partition coefficient (Wildman–Crippen LogP) is 1.80. The standard InChI is InChI=1S/C22H23FN2O8S/c1-14(21(26)24-16-3-5-18-19(13-16)32-11-10-31-18)33-22(27)15-2-4-17(23)20(12-15)34(28,29)25-6-8-30-9-7-25/h2-5,12-14H,6-11H2,1H3,(H,24,26). The van der Waals surface area contributed by atoms with Gasteiger partial charge in [-0.25, -0.2) is 17.6 Å². The fourth-order valence-corrected chi connectivity index (χ4v) is 4.90. The minimum atomic E-state index is -4.17. The van der Waals surface area contributed by atoms with Crippen LogP contribution in [0.25, 0.3) is 0 Å². The molecule has 2 heterocycles. The summed E-state index contributed by atoms with van der Waals surface area (Å²) in [4.78, 5) is 24.4. The van der Waals surface area contributed by atoms with E-state index in [2.05, 4.69) is 5.32 Å². The van der Waals surface area contributed by atoms with Gasteiger partial charge in [0.1, 0.15) is 23.9 Å². The molecule has 2 aliphatic heterocycles. The number of nitrogens with zero attached hydrogens (tertiary/aromatic N) is 1. The average molecular weight is 494 g/mol. The van der Waals surface area contributed by atoms with Crippen molar-refractivity contribution in [1.82, 2.24) is 4.31 Å². The lowest BCUT2D eigenvalue weighted by atomic mass is 10.2. The number of nitrogens with one attached hydrogen (secondary N) is 1. The smallest absolute Gasteiger partial charge is 0.338 e. The van der Waals surface area contributed by atoms with Gasteiger partial charge >= 0.3 is 5.97 Å². The van der Waals surface area contributed by atoms with E-state index in [4.69, 9.17) is 18.9 Å². The first kappa shape index (κ1) is 23.9. The van der Waals surface area contributed by atoms with E-state index in [9.17, 15) is 22.4 Å². The van der Waals surface area contributed by atoms with Crippen LogP contribution in [0, 0.1) is 5.82 Å².